The molecule has 0 bridgehead atoms. The van der Waals surface area contributed by atoms with Crippen LogP contribution in [0.5, 0.6) is 5.75 Å². The molecule has 2 aliphatic carbocycles. The molecule has 0 N–H and O–H groups in total. The maximum absolute atomic E-state index is 13.5. The second-order valence-corrected chi connectivity index (χ2v) is 9.47. The van der Waals surface area contributed by atoms with Crippen molar-refractivity contribution in [3.63, 3.8) is 0 Å². The molecule has 2 atom stereocenters. The van der Waals surface area contributed by atoms with Crippen molar-refractivity contribution in [2.24, 2.45) is 5.92 Å². The molecular formula is C32H27FO. The van der Waals surface area contributed by atoms with Gasteiger partial charge in [-0.2, -0.15) is 0 Å². The van der Waals surface area contributed by atoms with Gasteiger partial charge in [-0.05, 0) is 99.2 Å². The van der Waals surface area contributed by atoms with Gasteiger partial charge in [0.15, 0.2) is 0 Å². The minimum Gasteiger partial charge on any atom is -0.482 e. The third-order valence-electron chi connectivity index (χ3n) is 7.35. The van der Waals surface area contributed by atoms with Crippen molar-refractivity contribution in [1.82, 2.24) is 0 Å². The fraction of sp³-hybridized carbons (Fsp3) is 0.188. The lowest BCUT2D eigenvalue weighted by molar-refractivity contribution is 0.266. The number of halogens is 1. The smallest absolute Gasteiger partial charge is 0.144 e. The first-order chi connectivity index (χ1) is 16.6. The summed E-state index contributed by atoms with van der Waals surface area (Å²) in [5.41, 5.74) is 6.71. The van der Waals surface area contributed by atoms with Gasteiger partial charge in [0.25, 0.3) is 0 Å². The molecule has 0 aromatic heterocycles. The summed E-state index contributed by atoms with van der Waals surface area (Å²) in [5, 5.41) is 5.00. The molecule has 0 saturated heterocycles. The van der Waals surface area contributed by atoms with Gasteiger partial charge in [0.1, 0.15) is 17.7 Å². The molecule has 168 valence electrons. The Labute approximate surface area is 199 Å². The number of ether oxygens (including phenoxy) is 1. The van der Waals surface area contributed by atoms with E-state index in [0.717, 1.165) is 12.8 Å². The Morgan fingerprint density at radius 1 is 0.794 bits per heavy atom. The molecule has 1 nitrogen and oxygen atoms in total. The highest BCUT2D eigenvalue weighted by molar-refractivity contribution is 5.72. The van der Waals surface area contributed by atoms with E-state index in [1.54, 1.807) is 12.1 Å². The van der Waals surface area contributed by atoms with E-state index >= 15 is 0 Å². The molecule has 2 aliphatic rings. The lowest BCUT2D eigenvalue weighted by Gasteiger charge is -2.29. The SMILES string of the molecule is Cc1ccccc1C1=c2ccc3c(c2CCC1C)C(Oc1ccc(F)cc1)C=c1ccccc1=3. The van der Waals surface area contributed by atoms with Gasteiger partial charge in [0, 0.05) is 5.56 Å². The third-order valence-corrected chi connectivity index (χ3v) is 7.35. The quantitative estimate of drug-likeness (QED) is 0.369. The number of hydrogen-bond donors (Lipinski definition) is 0. The van der Waals surface area contributed by atoms with E-state index in [-0.39, 0.29) is 11.9 Å². The van der Waals surface area contributed by atoms with Gasteiger partial charge in [-0.25, -0.2) is 4.39 Å². The van der Waals surface area contributed by atoms with Crippen LogP contribution in [0.1, 0.15) is 41.7 Å². The van der Waals surface area contributed by atoms with E-state index in [1.165, 1.54) is 60.8 Å². The van der Waals surface area contributed by atoms with Gasteiger partial charge in [-0.15, -0.1) is 0 Å². The minimum atomic E-state index is -0.255. The molecular weight excluding hydrogens is 419 g/mol. The zero-order chi connectivity index (χ0) is 23.2. The van der Waals surface area contributed by atoms with Crippen molar-refractivity contribution in [3.8, 4) is 5.75 Å². The second-order valence-electron chi connectivity index (χ2n) is 9.47. The molecule has 0 fully saturated rings. The Morgan fingerprint density at radius 2 is 1.53 bits per heavy atom. The van der Waals surface area contributed by atoms with E-state index in [2.05, 4.69) is 80.6 Å². The molecule has 0 aliphatic heterocycles. The van der Waals surface area contributed by atoms with Crippen molar-refractivity contribution < 1.29 is 9.13 Å². The number of rotatable bonds is 3. The van der Waals surface area contributed by atoms with Crippen LogP contribution >= 0.6 is 0 Å². The number of hydrogen-bond acceptors (Lipinski definition) is 1. The summed E-state index contributed by atoms with van der Waals surface area (Å²) < 4.78 is 20.1. The van der Waals surface area contributed by atoms with E-state index < -0.39 is 0 Å². The maximum Gasteiger partial charge on any atom is 0.144 e. The van der Waals surface area contributed by atoms with E-state index in [9.17, 15) is 4.39 Å². The summed E-state index contributed by atoms with van der Waals surface area (Å²) in [5.74, 6) is 0.912. The van der Waals surface area contributed by atoms with Crippen LogP contribution in [0.4, 0.5) is 4.39 Å². The summed E-state index contributed by atoms with van der Waals surface area (Å²) >= 11 is 0. The predicted octanol–water partition coefficient (Wildman–Crippen LogP) is 6.12. The molecule has 4 aromatic rings. The van der Waals surface area contributed by atoms with Crippen molar-refractivity contribution >= 4 is 11.6 Å². The molecule has 0 spiro atoms. The molecule has 2 heteroatoms. The van der Waals surface area contributed by atoms with Crippen molar-refractivity contribution in [2.75, 3.05) is 0 Å². The Balaban J connectivity index is 1.66. The second kappa shape index (κ2) is 8.29. The first-order valence-corrected chi connectivity index (χ1v) is 12.1. The van der Waals surface area contributed by atoms with Gasteiger partial charge in [0.05, 0.1) is 0 Å². The predicted molar refractivity (Wildman–Crippen MR) is 135 cm³/mol. The minimum absolute atomic E-state index is 0.225. The lowest BCUT2D eigenvalue weighted by Crippen LogP contribution is -2.29. The normalized spacial score (nSPS) is 18.4. The molecule has 0 heterocycles. The third kappa shape index (κ3) is 3.45. The maximum atomic E-state index is 13.5. The summed E-state index contributed by atoms with van der Waals surface area (Å²) in [6.45, 7) is 4.55. The monoisotopic (exact) mass is 446 g/mol. The summed E-state index contributed by atoms with van der Waals surface area (Å²) in [6.07, 6.45) is 4.12. The zero-order valence-corrected chi connectivity index (χ0v) is 19.5. The van der Waals surface area contributed by atoms with E-state index in [4.69, 9.17) is 4.74 Å². The average Bonchev–Trinajstić information content (AvgIpc) is 2.85. The Bertz CT molecular complexity index is 1620. The van der Waals surface area contributed by atoms with Gasteiger partial charge in [-0.3, -0.25) is 0 Å². The fourth-order valence-electron chi connectivity index (χ4n) is 5.69. The van der Waals surface area contributed by atoms with E-state index in [1.807, 2.05) is 0 Å². The highest BCUT2D eigenvalue weighted by Gasteiger charge is 2.26. The number of fused-ring (bicyclic) bond motifs is 4. The van der Waals surface area contributed by atoms with Crippen LogP contribution in [0.3, 0.4) is 0 Å². The fourth-order valence-corrected chi connectivity index (χ4v) is 5.69. The Kier molecular flexibility index (Phi) is 5.10. The summed E-state index contributed by atoms with van der Waals surface area (Å²) in [6, 6.07) is 28.2. The lowest BCUT2D eigenvalue weighted by atomic mass is 9.77. The molecule has 34 heavy (non-hydrogen) atoms. The topological polar surface area (TPSA) is 9.23 Å². The number of benzene rings is 4. The highest BCUT2D eigenvalue weighted by Crippen LogP contribution is 2.35. The first kappa shape index (κ1) is 20.9. The van der Waals surface area contributed by atoms with Crippen LogP contribution in [-0.4, -0.2) is 0 Å². The summed E-state index contributed by atoms with van der Waals surface area (Å²) in [4.78, 5) is 0. The standard InChI is InChI=1S/C32H27FO/c1-20-7-3-5-9-25(20)31-21(2)11-16-29-28(31)18-17-27-26-10-6-4-8-22(26)19-30(32(27)29)34-24-14-12-23(33)13-15-24/h3-10,12-15,17-19,21,30H,11,16H2,1-2H3. The first-order valence-electron chi connectivity index (χ1n) is 12.1. The van der Waals surface area contributed by atoms with E-state index in [0.29, 0.717) is 11.7 Å². The van der Waals surface area contributed by atoms with Gasteiger partial charge < -0.3 is 4.74 Å². The molecule has 0 amide bonds. The molecule has 0 radical (unpaired) electrons. The van der Waals surface area contributed by atoms with Crippen molar-refractivity contribution in [3.05, 3.63) is 134 Å². The van der Waals surface area contributed by atoms with Crippen LogP contribution in [0, 0.1) is 29.1 Å². The Hall–Kier alpha value is -3.65. The van der Waals surface area contributed by atoms with Crippen LogP contribution in [0.25, 0.3) is 11.6 Å². The van der Waals surface area contributed by atoms with Gasteiger partial charge in [0.2, 0.25) is 0 Å². The molecule has 0 saturated carbocycles. The van der Waals surface area contributed by atoms with Crippen LogP contribution in [-0.2, 0) is 6.42 Å². The molecule has 6 rings (SSSR count). The summed E-state index contributed by atoms with van der Waals surface area (Å²) in [7, 11) is 0. The highest BCUT2D eigenvalue weighted by atomic mass is 19.1. The molecule has 2 unspecified atom stereocenters. The Morgan fingerprint density at radius 3 is 2.35 bits per heavy atom. The van der Waals surface area contributed by atoms with Crippen LogP contribution in [0.2, 0.25) is 0 Å². The average molecular weight is 447 g/mol. The largest absolute Gasteiger partial charge is 0.482 e. The zero-order valence-electron chi connectivity index (χ0n) is 19.5. The van der Waals surface area contributed by atoms with Crippen molar-refractivity contribution in [2.45, 2.75) is 32.8 Å². The van der Waals surface area contributed by atoms with Crippen LogP contribution in [0.15, 0.2) is 84.9 Å². The number of aryl methyl sites for hydroxylation is 1. The molecule has 4 aromatic carbocycles. The van der Waals surface area contributed by atoms with Crippen molar-refractivity contribution in [1.29, 1.82) is 0 Å². The van der Waals surface area contributed by atoms with Gasteiger partial charge in [-0.1, -0.05) is 67.6 Å². The van der Waals surface area contributed by atoms with Gasteiger partial charge >= 0.3 is 0 Å². The van der Waals surface area contributed by atoms with Crippen LogP contribution < -0.4 is 15.2 Å².